The number of rotatable bonds is 2. The van der Waals surface area contributed by atoms with E-state index in [4.69, 9.17) is 0 Å². The van der Waals surface area contributed by atoms with Gasteiger partial charge in [-0.05, 0) is 28.1 Å². The summed E-state index contributed by atoms with van der Waals surface area (Å²) in [6.07, 6.45) is 1.75. The van der Waals surface area contributed by atoms with Crippen LogP contribution < -0.4 is 4.90 Å². The number of pyridine rings is 1. The lowest BCUT2D eigenvalue weighted by Gasteiger charge is -2.03. The molecule has 0 aliphatic carbocycles. The van der Waals surface area contributed by atoms with Crippen LogP contribution in [0.5, 0.6) is 0 Å². The molecule has 78 valence electrons. The van der Waals surface area contributed by atoms with Crippen molar-refractivity contribution in [2.75, 3.05) is 19.0 Å². The van der Waals surface area contributed by atoms with E-state index >= 15 is 0 Å². The smallest absolute Gasteiger partial charge is 0.208 e. The molecule has 0 aliphatic rings. The summed E-state index contributed by atoms with van der Waals surface area (Å²) < 4.78 is 0.807. The van der Waals surface area contributed by atoms with Crippen LogP contribution in [0.15, 0.2) is 22.9 Å². The van der Waals surface area contributed by atoms with Crippen LogP contribution in [-0.2, 0) is 0 Å². The molecule has 0 aliphatic heterocycles. The minimum absolute atomic E-state index is 0.807. The maximum absolute atomic E-state index is 4.13. The standard InChI is InChI=1S/C9H9BrN4S/c1-14(2)9-13-12-8(15-9)6-3-4-11-7(10)5-6/h3-5H,1-2H3. The Morgan fingerprint density at radius 2 is 2.13 bits per heavy atom. The van der Waals surface area contributed by atoms with Crippen molar-refractivity contribution < 1.29 is 0 Å². The van der Waals surface area contributed by atoms with Gasteiger partial charge < -0.3 is 4.90 Å². The van der Waals surface area contributed by atoms with Crippen molar-refractivity contribution >= 4 is 32.4 Å². The molecule has 6 heteroatoms. The van der Waals surface area contributed by atoms with Crippen LogP contribution >= 0.6 is 27.3 Å². The van der Waals surface area contributed by atoms with Crippen molar-refractivity contribution in [3.63, 3.8) is 0 Å². The zero-order valence-corrected chi connectivity index (χ0v) is 10.7. The minimum atomic E-state index is 0.807. The highest BCUT2D eigenvalue weighted by Crippen LogP contribution is 2.28. The van der Waals surface area contributed by atoms with Crippen molar-refractivity contribution in [1.29, 1.82) is 0 Å². The van der Waals surface area contributed by atoms with Gasteiger partial charge in [-0.25, -0.2) is 4.98 Å². The number of aromatic nitrogens is 3. The first-order chi connectivity index (χ1) is 7.16. The third-order valence-electron chi connectivity index (χ3n) is 1.77. The van der Waals surface area contributed by atoms with Crippen molar-refractivity contribution in [3.8, 4) is 10.6 Å². The molecule has 0 amide bonds. The highest BCUT2D eigenvalue weighted by molar-refractivity contribution is 9.10. The molecule has 0 saturated carbocycles. The Morgan fingerprint density at radius 3 is 2.73 bits per heavy atom. The summed E-state index contributed by atoms with van der Waals surface area (Å²) in [6.45, 7) is 0. The maximum atomic E-state index is 4.13. The number of halogens is 1. The first-order valence-electron chi connectivity index (χ1n) is 4.29. The third kappa shape index (κ3) is 2.32. The predicted octanol–water partition coefficient (Wildman–Crippen LogP) is 2.43. The molecular formula is C9H9BrN4S. The van der Waals surface area contributed by atoms with Crippen LogP contribution in [0.3, 0.4) is 0 Å². The van der Waals surface area contributed by atoms with Crippen LogP contribution in [-0.4, -0.2) is 29.3 Å². The Labute approximate surface area is 100 Å². The van der Waals surface area contributed by atoms with Crippen LogP contribution in [0.4, 0.5) is 5.13 Å². The summed E-state index contributed by atoms with van der Waals surface area (Å²) in [5.41, 5.74) is 1.03. The molecule has 0 bridgehead atoms. The van der Waals surface area contributed by atoms with E-state index in [2.05, 4.69) is 31.1 Å². The van der Waals surface area contributed by atoms with Crippen LogP contribution in [0.1, 0.15) is 0 Å². The molecule has 0 N–H and O–H groups in total. The van der Waals surface area contributed by atoms with Gasteiger partial charge >= 0.3 is 0 Å². The average molecular weight is 285 g/mol. The van der Waals surface area contributed by atoms with Gasteiger partial charge in [-0.3, -0.25) is 0 Å². The van der Waals surface area contributed by atoms with Crippen molar-refractivity contribution in [1.82, 2.24) is 15.2 Å². The molecule has 0 saturated heterocycles. The highest BCUT2D eigenvalue weighted by atomic mass is 79.9. The highest BCUT2D eigenvalue weighted by Gasteiger charge is 2.07. The monoisotopic (exact) mass is 284 g/mol. The number of hydrogen-bond donors (Lipinski definition) is 0. The Balaban J connectivity index is 2.37. The fourth-order valence-corrected chi connectivity index (χ4v) is 2.18. The molecule has 0 fully saturated rings. The number of anilines is 1. The lowest BCUT2D eigenvalue weighted by atomic mass is 10.3. The summed E-state index contributed by atoms with van der Waals surface area (Å²) in [6, 6.07) is 3.85. The largest absolute Gasteiger partial charge is 0.353 e. The number of nitrogens with zero attached hydrogens (tertiary/aromatic N) is 4. The van der Waals surface area contributed by atoms with Gasteiger partial charge in [0, 0.05) is 25.9 Å². The molecule has 15 heavy (non-hydrogen) atoms. The predicted molar refractivity (Wildman–Crippen MR) is 65.2 cm³/mol. The molecule has 0 spiro atoms. The van der Waals surface area contributed by atoms with Gasteiger partial charge in [-0.15, -0.1) is 10.2 Å². The van der Waals surface area contributed by atoms with Gasteiger partial charge in [0.25, 0.3) is 0 Å². The molecule has 0 atom stereocenters. The normalized spacial score (nSPS) is 10.3. The van der Waals surface area contributed by atoms with E-state index < -0.39 is 0 Å². The fourth-order valence-electron chi connectivity index (χ4n) is 1.05. The summed E-state index contributed by atoms with van der Waals surface area (Å²) in [5.74, 6) is 0. The molecule has 2 aromatic heterocycles. The second kappa shape index (κ2) is 4.24. The molecule has 4 nitrogen and oxygen atoms in total. The molecule has 0 unspecified atom stereocenters. The lowest BCUT2D eigenvalue weighted by Crippen LogP contribution is -2.07. The summed E-state index contributed by atoms with van der Waals surface area (Å²) in [7, 11) is 3.90. The Kier molecular flexibility index (Phi) is 2.97. The first kappa shape index (κ1) is 10.5. The van der Waals surface area contributed by atoms with E-state index in [-0.39, 0.29) is 0 Å². The zero-order valence-electron chi connectivity index (χ0n) is 8.31. The van der Waals surface area contributed by atoms with Gasteiger partial charge in [-0.1, -0.05) is 11.3 Å². The van der Waals surface area contributed by atoms with Crippen LogP contribution in [0, 0.1) is 0 Å². The molecule has 0 aromatic carbocycles. The molecule has 2 aromatic rings. The van der Waals surface area contributed by atoms with E-state index in [1.807, 2.05) is 31.1 Å². The number of hydrogen-bond acceptors (Lipinski definition) is 5. The third-order valence-corrected chi connectivity index (χ3v) is 3.34. The maximum Gasteiger partial charge on any atom is 0.208 e. The van der Waals surface area contributed by atoms with Gasteiger partial charge in [-0.2, -0.15) is 0 Å². The summed E-state index contributed by atoms with van der Waals surface area (Å²) in [5, 5.41) is 10.0. The van der Waals surface area contributed by atoms with Gasteiger partial charge in [0.05, 0.1) is 0 Å². The van der Waals surface area contributed by atoms with Gasteiger partial charge in [0.2, 0.25) is 5.13 Å². The van der Waals surface area contributed by atoms with E-state index in [9.17, 15) is 0 Å². The van der Waals surface area contributed by atoms with E-state index in [0.29, 0.717) is 0 Å². The van der Waals surface area contributed by atoms with Crippen molar-refractivity contribution in [3.05, 3.63) is 22.9 Å². The Bertz CT molecular complexity index is 469. The minimum Gasteiger partial charge on any atom is -0.353 e. The molecule has 0 radical (unpaired) electrons. The van der Waals surface area contributed by atoms with Gasteiger partial charge in [0.15, 0.2) is 0 Å². The molecule has 2 rings (SSSR count). The van der Waals surface area contributed by atoms with Gasteiger partial charge in [0.1, 0.15) is 9.61 Å². The van der Waals surface area contributed by atoms with E-state index in [1.54, 1.807) is 17.5 Å². The molecular weight excluding hydrogens is 276 g/mol. The van der Waals surface area contributed by atoms with E-state index in [0.717, 1.165) is 20.3 Å². The first-order valence-corrected chi connectivity index (χ1v) is 5.90. The van der Waals surface area contributed by atoms with Crippen molar-refractivity contribution in [2.45, 2.75) is 0 Å². The Hall–Kier alpha value is -1.01. The van der Waals surface area contributed by atoms with Crippen molar-refractivity contribution in [2.24, 2.45) is 0 Å². The van der Waals surface area contributed by atoms with Crippen LogP contribution in [0.2, 0.25) is 0 Å². The van der Waals surface area contributed by atoms with Crippen LogP contribution in [0.25, 0.3) is 10.6 Å². The zero-order chi connectivity index (χ0) is 10.8. The summed E-state index contributed by atoms with van der Waals surface area (Å²) in [4.78, 5) is 6.01. The quantitative estimate of drug-likeness (QED) is 0.795. The lowest BCUT2D eigenvalue weighted by molar-refractivity contribution is 1.02. The van der Waals surface area contributed by atoms with E-state index in [1.165, 1.54) is 0 Å². The Morgan fingerprint density at radius 1 is 1.33 bits per heavy atom. The fraction of sp³-hybridized carbons (Fsp3) is 0.222. The molecule has 2 heterocycles. The second-order valence-corrected chi connectivity index (χ2v) is 4.92. The second-order valence-electron chi connectivity index (χ2n) is 3.15. The SMILES string of the molecule is CN(C)c1nnc(-c2ccnc(Br)c2)s1. The topological polar surface area (TPSA) is 41.9 Å². The summed E-state index contributed by atoms with van der Waals surface area (Å²) >= 11 is 4.89. The average Bonchev–Trinajstić information content (AvgIpc) is 2.66.